The number of nitrogens with one attached hydrogen (secondary N) is 1. The van der Waals surface area contributed by atoms with Crippen LogP contribution in [0.1, 0.15) is 5.56 Å². The van der Waals surface area contributed by atoms with Gasteiger partial charge in [0.15, 0.2) is 4.77 Å². The number of hydrogen-bond donors (Lipinski definition) is 1. The van der Waals surface area contributed by atoms with Gasteiger partial charge in [-0.2, -0.15) is 0 Å². The fourth-order valence-electron chi connectivity index (χ4n) is 2.11. The molecular formula is C14H10FIN2S. The molecule has 0 saturated heterocycles. The summed E-state index contributed by atoms with van der Waals surface area (Å²) in [6, 6.07) is 12.7. The van der Waals surface area contributed by atoms with Crippen LogP contribution < -0.4 is 0 Å². The first-order chi connectivity index (χ1) is 9.13. The summed E-state index contributed by atoms with van der Waals surface area (Å²) < 4.78 is 17.0. The van der Waals surface area contributed by atoms with Gasteiger partial charge in [0.2, 0.25) is 0 Å². The van der Waals surface area contributed by atoms with Gasteiger partial charge in [0.05, 0.1) is 17.6 Å². The zero-order valence-electron chi connectivity index (χ0n) is 9.86. The van der Waals surface area contributed by atoms with E-state index in [-0.39, 0.29) is 5.82 Å². The van der Waals surface area contributed by atoms with Crippen molar-refractivity contribution in [2.75, 3.05) is 0 Å². The predicted molar refractivity (Wildman–Crippen MR) is 85.3 cm³/mol. The molecule has 0 radical (unpaired) electrons. The zero-order chi connectivity index (χ0) is 13.4. The Balaban J connectivity index is 2.10. The van der Waals surface area contributed by atoms with E-state index in [2.05, 4.69) is 27.6 Å². The average Bonchev–Trinajstić information content (AvgIpc) is 2.65. The third-order valence-electron chi connectivity index (χ3n) is 2.97. The Kier molecular flexibility index (Phi) is 3.40. The Morgan fingerprint density at radius 1 is 1.21 bits per heavy atom. The molecule has 3 aromatic rings. The van der Waals surface area contributed by atoms with Crippen LogP contribution in [0.2, 0.25) is 0 Å². The minimum absolute atomic E-state index is 0.224. The van der Waals surface area contributed by atoms with Gasteiger partial charge in [-0.15, -0.1) is 0 Å². The van der Waals surface area contributed by atoms with Crippen molar-refractivity contribution >= 4 is 45.8 Å². The van der Waals surface area contributed by atoms with Crippen LogP contribution in [-0.4, -0.2) is 9.55 Å². The van der Waals surface area contributed by atoms with E-state index in [1.165, 1.54) is 12.1 Å². The van der Waals surface area contributed by atoms with Gasteiger partial charge in [-0.25, -0.2) is 4.39 Å². The Labute approximate surface area is 128 Å². The molecule has 96 valence electrons. The van der Waals surface area contributed by atoms with Crippen molar-refractivity contribution in [1.29, 1.82) is 0 Å². The highest BCUT2D eigenvalue weighted by Crippen LogP contribution is 2.19. The highest BCUT2D eigenvalue weighted by molar-refractivity contribution is 14.1. The maximum atomic E-state index is 13.2. The summed E-state index contributed by atoms with van der Waals surface area (Å²) in [5, 5.41) is 0. The van der Waals surface area contributed by atoms with Crippen LogP contribution in [0.25, 0.3) is 11.0 Å². The molecule has 0 unspecified atom stereocenters. The zero-order valence-corrected chi connectivity index (χ0v) is 12.8. The predicted octanol–water partition coefficient (Wildman–Crippen LogP) is 4.49. The number of halogens is 2. The molecule has 1 heterocycles. The normalized spacial score (nSPS) is 11.1. The molecule has 19 heavy (non-hydrogen) atoms. The van der Waals surface area contributed by atoms with Crippen LogP contribution in [0.15, 0.2) is 42.5 Å². The third kappa shape index (κ3) is 2.57. The van der Waals surface area contributed by atoms with Crippen LogP contribution in [0, 0.1) is 14.2 Å². The van der Waals surface area contributed by atoms with Gasteiger partial charge in [-0.1, -0.05) is 12.1 Å². The van der Waals surface area contributed by atoms with E-state index in [9.17, 15) is 4.39 Å². The minimum atomic E-state index is -0.224. The van der Waals surface area contributed by atoms with Gasteiger partial charge in [0.1, 0.15) is 5.82 Å². The summed E-state index contributed by atoms with van der Waals surface area (Å²) in [6.45, 7) is 0.567. The molecule has 1 N–H and O–H groups in total. The maximum absolute atomic E-state index is 13.2. The second-order valence-corrected chi connectivity index (χ2v) is 5.94. The van der Waals surface area contributed by atoms with E-state index in [0.717, 1.165) is 20.2 Å². The van der Waals surface area contributed by atoms with E-state index in [1.54, 1.807) is 6.07 Å². The quantitative estimate of drug-likeness (QED) is 0.510. The number of nitrogens with zero attached hydrogens (tertiary/aromatic N) is 1. The number of fused-ring (bicyclic) bond motifs is 1. The van der Waals surface area contributed by atoms with Crippen LogP contribution >= 0.6 is 34.8 Å². The lowest BCUT2D eigenvalue weighted by molar-refractivity contribution is 0.623. The smallest absolute Gasteiger partial charge is 0.178 e. The number of H-pyrrole nitrogens is 1. The fourth-order valence-corrected chi connectivity index (χ4v) is 2.87. The van der Waals surface area contributed by atoms with Crippen molar-refractivity contribution in [2.24, 2.45) is 0 Å². The Bertz CT molecular complexity index is 807. The first-order valence-corrected chi connectivity index (χ1v) is 7.25. The molecule has 2 aromatic carbocycles. The van der Waals surface area contributed by atoms with Gasteiger partial charge < -0.3 is 9.55 Å². The Morgan fingerprint density at radius 3 is 2.84 bits per heavy atom. The minimum Gasteiger partial charge on any atom is -0.331 e. The fraction of sp³-hybridized carbons (Fsp3) is 0.0714. The number of benzene rings is 2. The van der Waals surface area contributed by atoms with E-state index in [4.69, 9.17) is 12.2 Å². The van der Waals surface area contributed by atoms with Gasteiger partial charge in [-0.05, 0) is 70.7 Å². The van der Waals surface area contributed by atoms with E-state index in [0.29, 0.717) is 11.3 Å². The molecule has 2 nitrogen and oxygen atoms in total. The standard InChI is InChI=1S/C14H10FIN2S/c15-10-3-1-2-9(6-10)8-18-13-5-4-11(16)7-12(13)17-14(18)19/h1-7H,8H2,(H,17,19). The molecule has 0 spiro atoms. The highest BCUT2D eigenvalue weighted by Gasteiger charge is 2.06. The highest BCUT2D eigenvalue weighted by atomic mass is 127. The molecule has 0 aliphatic carbocycles. The lowest BCUT2D eigenvalue weighted by atomic mass is 10.2. The summed E-state index contributed by atoms with van der Waals surface area (Å²) in [7, 11) is 0. The lowest BCUT2D eigenvalue weighted by Gasteiger charge is -2.05. The van der Waals surface area contributed by atoms with Gasteiger partial charge >= 0.3 is 0 Å². The molecule has 0 aliphatic rings. The maximum Gasteiger partial charge on any atom is 0.178 e. The van der Waals surface area contributed by atoms with E-state index < -0.39 is 0 Å². The summed E-state index contributed by atoms with van der Waals surface area (Å²) in [5.41, 5.74) is 2.94. The first-order valence-electron chi connectivity index (χ1n) is 5.76. The van der Waals surface area contributed by atoms with E-state index in [1.807, 2.05) is 28.8 Å². The van der Waals surface area contributed by atoms with Crippen molar-refractivity contribution < 1.29 is 4.39 Å². The first kappa shape index (κ1) is 12.8. The second kappa shape index (κ2) is 5.05. The molecule has 0 bridgehead atoms. The van der Waals surface area contributed by atoms with Crippen molar-refractivity contribution in [3.05, 3.63) is 62.2 Å². The molecule has 5 heteroatoms. The van der Waals surface area contributed by atoms with Crippen LogP contribution in [0.4, 0.5) is 4.39 Å². The Morgan fingerprint density at radius 2 is 2.05 bits per heavy atom. The Hall–Kier alpha value is -1.21. The van der Waals surface area contributed by atoms with E-state index >= 15 is 0 Å². The van der Waals surface area contributed by atoms with Crippen molar-refractivity contribution in [2.45, 2.75) is 6.54 Å². The summed E-state index contributed by atoms with van der Waals surface area (Å²) in [5.74, 6) is -0.224. The number of aromatic amines is 1. The van der Waals surface area contributed by atoms with Crippen LogP contribution in [0.5, 0.6) is 0 Å². The van der Waals surface area contributed by atoms with Gasteiger partial charge in [0.25, 0.3) is 0 Å². The molecule has 0 amide bonds. The molecule has 0 atom stereocenters. The van der Waals surface area contributed by atoms with Gasteiger partial charge in [-0.3, -0.25) is 0 Å². The van der Waals surface area contributed by atoms with Crippen LogP contribution in [-0.2, 0) is 6.54 Å². The third-order valence-corrected chi connectivity index (χ3v) is 3.96. The molecule has 0 fully saturated rings. The van der Waals surface area contributed by atoms with Gasteiger partial charge in [0, 0.05) is 3.57 Å². The number of hydrogen-bond acceptors (Lipinski definition) is 1. The molecule has 3 rings (SSSR count). The monoisotopic (exact) mass is 384 g/mol. The second-order valence-electron chi connectivity index (χ2n) is 4.31. The number of aromatic nitrogens is 2. The van der Waals surface area contributed by atoms with Crippen molar-refractivity contribution in [3.63, 3.8) is 0 Å². The summed E-state index contributed by atoms with van der Waals surface area (Å²) in [6.07, 6.45) is 0. The summed E-state index contributed by atoms with van der Waals surface area (Å²) >= 11 is 7.60. The average molecular weight is 384 g/mol. The van der Waals surface area contributed by atoms with Crippen molar-refractivity contribution in [1.82, 2.24) is 9.55 Å². The summed E-state index contributed by atoms with van der Waals surface area (Å²) in [4.78, 5) is 3.18. The lowest BCUT2D eigenvalue weighted by Crippen LogP contribution is -1.99. The molecular weight excluding hydrogens is 374 g/mol. The number of rotatable bonds is 2. The molecule has 0 aliphatic heterocycles. The van der Waals surface area contributed by atoms with Crippen molar-refractivity contribution in [3.8, 4) is 0 Å². The SMILES string of the molecule is Fc1cccc(Cn2c(=S)[nH]c3cc(I)ccc32)c1. The topological polar surface area (TPSA) is 20.7 Å². The number of imidazole rings is 1. The molecule has 1 aromatic heterocycles. The largest absolute Gasteiger partial charge is 0.331 e. The molecule has 0 saturated carbocycles. The van der Waals surface area contributed by atoms with Crippen LogP contribution in [0.3, 0.4) is 0 Å².